The number of benzene rings is 1. The van der Waals surface area contributed by atoms with E-state index in [4.69, 9.17) is 0 Å². The molecular weight excluding hydrogens is 346 g/mol. The topological polar surface area (TPSA) is 43.4 Å². The minimum absolute atomic E-state index is 0.479. The van der Waals surface area contributed by atoms with Crippen molar-refractivity contribution in [2.24, 2.45) is 0 Å². The smallest absolute Gasteiger partial charge is 0.0573 e. The van der Waals surface area contributed by atoms with Crippen LogP contribution in [0.5, 0.6) is 0 Å². The summed E-state index contributed by atoms with van der Waals surface area (Å²) in [5, 5.41) is 7.22. The van der Waals surface area contributed by atoms with Crippen molar-refractivity contribution < 1.29 is 0 Å². The molecule has 1 saturated heterocycles. The van der Waals surface area contributed by atoms with E-state index in [1.54, 1.807) is 5.56 Å². The van der Waals surface area contributed by atoms with E-state index < -0.39 is 0 Å². The average Bonchev–Trinajstić information content (AvgIpc) is 2.70. The Morgan fingerprint density at radius 3 is 2.82 bits per heavy atom. The maximum atomic E-state index is 4.65. The number of rotatable bonds is 5. The van der Waals surface area contributed by atoms with Crippen molar-refractivity contribution in [3.05, 3.63) is 58.4 Å². The van der Waals surface area contributed by atoms with Crippen molar-refractivity contribution in [2.45, 2.75) is 39.4 Å². The summed E-state index contributed by atoms with van der Waals surface area (Å²) < 4.78 is 0. The monoisotopic (exact) mass is 379 g/mol. The molecule has 2 aromatic rings. The minimum atomic E-state index is 0.479. The zero-order valence-corrected chi connectivity index (χ0v) is 17.5. The van der Waals surface area contributed by atoms with Gasteiger partial charge in [0, 0.05) is 63.7 Å². The third-order valence-corrected chi connectivity index (χ3v) is 6.01. The number of anilines is 1. The number of fused-ring (bicyclic) bond motifs is 1. The summed E-state index contributed by atoms with van der Waals surface area (Å²) in [6.07, 6.45) is 3.07. The Kier molecular flexibility index (Phi) is 5.95. The summed E-state index contributed by atoms with van der Waals surface area (Å²) in [5.41, 5.74) is 8.16. The summed E-state index contributed by atoms with van der Waals surface area (Å²) in [6, 6.07) is 9.53. The second-order valence-corrected chi connectivity index (χ2v) is 8.41. The summed E-state index contributed by atoms with van der Waals surface area (Å²) in [6.45, 7) is 11.5. The van der Waals surface area contributed by atoms with Crippen LogP contribution >= 0.6 is 0 Å². The van der Waals surface area contributed by atoms with E-state index in [2.05, 4.69) is 70.6 Å². The van der Waals surface area contributed by atoms with Crippen LogP contribution in [0.3, 0.4) is 0 Å². The lowest BCUT2D eigenvalue weighted by atomic mass is 9.93. The SMILES string of the molecule is Cc1cnc(CN(C)C[C@H]2Cc3c(cccc3N3CCNCC3)CN2)c(C)c1. The molecule has 0 aliphatic carbocycles. The largest absolute Gasteiger partial charge is 0.369 e. The van der Waals surface area contributed by atoms with Crippen LogP contribution in [-0.4, -0.2) is 55.7 Å². The first-order chi connectivity index (χ1) is 13.6. The lowest BCUT2D eigenvalue weighted by molar-refractivity contribution is 0.271. The number of hydrogen-bond acceptors (Lipinski definition) is 5. The Morgan fingerprint density at radius 2 is 2.04 bits per heavy atom. The lowest BCUT2D eigenvalue weighted by Gasteiger charge is -2.36. The Balaban J connectivity index is 1.43. The van der Waals surface area contributed by atoms with Gasteiger partial charge in [0.25, 0.3) is 0 Å². The van der Waals surface area contributed by atoms with Crippen LogP contribution in [0.2, 0.25) is 0 Å². The molecule has 0 bridgehead atoms. The summed E-state index contributed by atoms with van der Waals surface area (Å²) in [5.74, 6) is 0. The molecule has 4 rings (SSSR count). The Morgan fingerprint density at radius 1 is 1.21 bits per heavy atom. The van der Waals surface area contributed by atoms with Gasteiger partial charge in [-0.25, -0.2) is 0 Å². The quantitative estimate of drug-likeness (QED) is 0.834. The van der Waals surface area contributed by atoms with Gasteiger partial charge in [0.2, 0.25) is 0 Å². The molecule has 2 N–H and O–H groups in total. The Bertz CT molecular complexity index is 813. The van der Waals surface area contributed by atoms with Crippen LogP contribution in [0.25, 0.3) is 0 Å². The standard InChI is InChI=1S/C23H33N5/c1-17-11-18(2)22(26-13-17)16-27(3)15-20-12-21-19(14-25-20)5-4-6-23(21)28-9-7-24-8-10-28/h4-6,11,13,20,24-25H,7-10,12,14-16H2,1-3H3/t20-/m1/s1. The molecule has 2 aliphatic heterocycles. The van der Waals surface area contributed by atoms with Crippen LogP contribution in [0.4, 0.5) is 5.69 Å². The van der Waals surface area contributed by atoms with Gasteiger partial charge in [-0.15, -0.1) is 0 Å². The van der Waals surface area contributed by atoms with E-state index in [9.17, 15) is 0 Å². The second kappa shape index (κ2) is 8.60. The van der Waals surface area contributed by atoms with Crippen LogP contribution in [0.15, 0.2) is 30.5 Å². The minimum Gasteiger partial charge on any atom is -0.369 e. The van der Waals surface area contributed by atoms with E-state index in [-0.39, 0.29) is 0 Å². The molecule has 5 nitrogen and oxygen atoms in total. The highest BCUT2D eigenvalue weighted by atomic mass is 15.2. The highest BCUT2D eigenvalue weighted by Crippen LogP contribution is 2.28. The fourth-order valence-electron chi connectivity index (χ4n) is 4.53. The number of likely N-dealkylation sites (N-methyl/N-ethyl adjacent to an activating group) is 1. The number of nitrogens with zero attached hydrogens (tertiary/aromatic N) is 3. The molecule has 1 fully saturated rings. The molecule has 1 atom stereocenters. The molecule has 1 aromatic heterocycles. The zero-order valence-electron chi connectivity index (χ0n) is 17.5. The lowest BCUT2D eigenvalue weighted by Crippen LogP contribution is -2.46. The summed E-state index contributed by atoms with van der Waals surface area (Å²) in [4.78, 5) is 9.61. The van der Waals surface area contributed by atoms with E-state index in [1.165, 1.54) is 28.1 Å². The Hall–Kier alpha value is -1.95. The molecule has 5 heteroatoms. The third-order valence-electron chi connectivity index (χ3n) is 6.01. The number of aryl methyl sites for hydroxylation is 2. The van der Waals surface area contributed by atoms with Crippen molar-refractivity contribution in [1.29, 1.82) is 0 Å². The summed E-state index contributed by atoms with van der Waals surface area (Å²) in [7, 11) is 2.21. The predicted octanol–water partition coefficient (Wildman–Crippen LogP) is 2.25. The van der Waals surface area contributed by atoms with Gasteiger partial charge in [0.05, 0.1) is 5.69 Å². The number of hydrogen-bond donors (Lipinski definition) is 2. The average molecular weight is 380 g/mol. The van der Waals surface area contributed by atoms with Gasteiger partial charge >= 0.3 is 0 Å². The van der Waals surface area contributed by atoms with Crippen LogP contribution in [-0.2, 0) is 19.5 Å². The highest BCUT2D eigenvalue weighted by Gasteiger charge is 2.24. The van der Waals surface area contributed by atoms with Crippen molar-refractivity contribution in [3.63, 3.8) is 0 Å². The first kappa shape index (κ1) is 19.4. The van der Waals surface area contributed by atoms with E-state index in [0.717, 1.165) is 52.2 Å². The van der Waals surface area contributed by atoms with Gasteiger partial charge in [-0.2, -0.15) is 0 Å². The highest BCUT2D eigenvalue weighted by molar-refractivity contribution is 5.58. The molecule has 0 amide bonds. The van der Waals surface area contributed by atoms with Crippen molar-refractivity contribution in [1.82, 2.24) is 20.5 Å². The Labute approximate surface area is 169 Å². The number of nitrogens with one attached hydrogen (secondary N) is 2. The van der Waals surface area contributed by atoms with Crippen molar-refractivity contribution in [2.75, 3.05) is 44.7 Å². The second-order valence-electron chi connectivity index (χ2n) is 8.41. The maximum Gasteiger partial charge on any atom is 0.0573 e. The number of aromatic nitrogens is 1. The van der Waals surface area contributed by atoms with E-state index in [1.807, 2.05) is 6.20 Å². The molecule has 0 unspecified atom stereocenters. The van der Waals surface area contributed by atoms with Gasteiger partial charge in [-0.1, -0.05) is 18.2 Å². The van der Waals surface area contributed by atoms with Crippen LogP contribution in [0, 0.1) is 13.8 Å². The predicted molar refractivity (Wildman–Crippen MR) is 116 cm³/mol. The molecule has 0 radical (unpaired) electrons. The molecule has 2 aliphatic rings. The first-order valence-corrected chi connectivity index (χ1v) is 10.5. The molecular formula is C23H33N5. The van der Waals surface area contributed by atoms with Gasteiger partial charge in [0.1, 0.15) is 0 Å². The molecule has 1 aromatic carbocycles. The molecule has 0 saturated carbocycles. The maximum absolute atomic E-state index is 4.65. The van der Waals surface area contributed by atoms with Gasteiger partial charge < -0.3 is 15.5 Å². The molecule has 0 spiro atoms. The van der Waals surface area contributed by atoms with Crippen LogP contribution < -0.4 is 15.5 Å². The summed E-state index contributed by atoms with van der Waals surface area (Å²) >= 11 is 0. The molecule has 3 heterocycles. The third kappa shape index (κ3) is 4.37. The molecule has 28 heavy (non-hydrogen) atoms. The van der Waals surface area contributed by atoms with E-state index in [0.29, 0.717) is 6.04 Å². The molecule has 150 valence electrons. The van der Waals surface area contributed by atoms with Crippen molar-refractivity contribution >= 4 is 5.69 Å². The van der Waals surface area contributed by atoms with Crippen LogP contribution in [0.1, 0.15) is 27.9 Å². The number of piperazine rings is 1. The first-order valence-electron chi connectivity index (χ1n) is 10.5. The fraction of sp³-hybridized carbons (Fsp3) is 0.522. The van der Waals surface area contributed by atoms with Gasteiger partial charge in [-0.05, 0) is 55.6 Å². The van der Waals surface area contributed by atoms with E-state index >= 15 is 0 Å². The van der Waals surface area contributed by atoms with Gasteiger partial charge in [-0.3, -0.25) is 9.88 Å². The van der Waals surface area contributed by atoms with Crippen molar-refractivity contribution in [3.8, 4) is 0 Å². The normalized spacial score (nSPS) is 19.7. The zero-order chi connectivity index (χ0) is 19.5. The van der Waals surface area contributed by atoms with Gasteiger partial charge in [0.15, 0.2) is 0 Å². The fourth-order valence-corrected chi connectivity index (χ4v) is 4.53. The number of pyridine rings is 1.